The van der Waals surface area contributed by atoms with Crippen LogP contribution < -0.4 is 15.8 Å². The van der Waals surface area contributed by atoms with Gasteiger partial charge in [-0.1, -0.05) is 5.21 Å². The number of rotatable bonds is 5. The number of nitrogens with zero attached hydrogens (tertiary/aromatic N) is 5. The summed E-state index contributed by atoms with van der Waals surface area (Å²) in [7, 11) is 1.53. The van der Waals surface area contributed by atoms with Crippen molar-refractivity contribution in [3.63, 3.8) is 0 Å². The van der Waals surface area contributed by atoms with E-state index in [0.717, 1.165) is 0 Å². The van der Waals surface area contributed by atoms with Crippen LogP contribution in [-0.2, 0) is 6.54 Å². The molecule has 8 nitrogen and oxygen atoms in total. The third-order valence-corrected chi connectivity index (χ3v) is 2.05. The molecule has 2 aromatic rings. The molecule has 2 rings (SSSR count). The second-order valence-electron chi connectivity index (χ2n) is 3.25. The lowest BCUT2D eigenvalue weighted by molar-refractivity contribution is 0.398. The van der Waals surface area contributed by atoms with Gasteiger partial charge >= 0.3 is 0 Å². The lowest BCUT2D eigenvalue weighted by Crippen LogP contribution is -2.12. The molecule has 2 heterocycles. The number of nitrogens with one attached hydrogen (secondary N) is 1. The Balaban J connectivity index is 1.92. The molecule has 0 aliphatic carbocycles. The summed E-state index contributed by atoms with van der Waals surface area (Å²) in [6.07, 6.45) is 3.42. The van der Waals surface area contributed by atoms with E-state index in [1.165, 1.54) is 7.11 Å². The number of anilines is 2. The van der Waals surface area contributed by atoms with E-state index in [0.29, 0.717) is 24.8 Å². The van der Waals surface area contributed by atoms with Gasteiger partial charge in [-0.15, -0.1) is 5.10 Å². The fourth-order valence-corrected chi connectivity index (χ4v) is 1.29. The molecule has 0 fully saturated rings. The van der Waals surface area contributed by atoms with E-state index in [1.807, 2.05) is 0 Å². The highest BCUT2D eigenvalue weighted by atomic mass is 16.5. The van der Waals surface area contributed by atoms with Crippen LogP contribution in [0.3, 0.4) is 0 Å². The number of ether oxygens (including phenoxy) is 1. The Morgan fingerprint density at radius 3 is 3.06 bits per heavy atom. The summed E-state index contributed by atoms with van der Waals surface area (Å²) >= 11 is 0. The summed E-state index contributed by atoms with van der Waals surface area (Å²) in [6, 6.07) is 1.68. The zero-order valence-corrected chi connectivity index (χ0v) is 9.37. The minimum atomic E-state index is 0.174. The molecule has 3 N–H and O–H groups in total. The van der Waals surface area contributed by atoms with E-state index in [-0.39, 0.29) is 5.95 Å². The predicted molar refractivity (Wildman–Crippen MR) is 61.5 cm³/mol. The monoisotopic (exact) mass is 235 g/mol. The molecular formula is C9H13N7O. The quantitative estimate of drug-likeness (QED) is 0.737. The number of hydrogen-bond donors (Lipinski definition) is 2. The summed E-state index contributed by atoms with van der Waals surface area (Å²) in [5.41, 5.74) is 5.53. The molecule has 0 bridgehead atoms. The van der Waals surface area contributed by atoms with Gasteiger partial charge in [-0.3, -0.25) is 4.68 Å². The van der Waals surface area contributed by atoms with Crippen molar-refractivity contribution in [1.82, 2.24) is 25.0 Å². The fraction of sp³-hybridized carbons (Fsp3) is 0.333. The van der Waals surface area contributed by atoms with Gasteiger partial charge in [0.1, 0.15) is 5.82 Å². The molecule has 0 aromatic carbocycles. The lowest BCUT2D eigenvalue weighted by atomic mass is 10.5. The van der Waals surface area contributed by atoms with E-state index in [9.17, 15) is 0 Å². The Kier molecular flexibility index (Phi) is 3.34. The van der Waals surface area contributed by atoms with Crippen LogP contribution in [0.25, 0.3) is 0 Å². The number of nitrogen functional groups attached to an aromatic ring is 1. The maximum atomic E-state index is 5.53. The summed E-state index contributed by atoms with van der Waals surface area (Å²) in [6.45, 7) is 1.34. The second kappa shape index (κ2) is 5.10. The predicted octanol–water partition coefficient (Wildman–Crippen LogP) is -0.229. The molecule has 0 aliphatic heterocycles. The first-order valence-electron chi connectivity index (χ1n) is 5.04. The van der Waals surface area contributed by atoms with Gasteiger partial charge in [0.25, 0.3) is 0 Å². The SMILES string of the molecule is COc1cc(NCCn2ccnn2)nc(N)n1. The molecule has 2 aromatic heterocycles. The lowest BCUT2D eigenvalue weighted by Gasteiger charge is -2.07. The summed E-state index contributed by atoms with van der Waals surface area (Å²) < 4.78 is 6.71. The molecule has 0 saturated carbocycles. The first-order valence-corrected chi connectivity index (χ1v) is 5.04. The highest BCUT2D eigenvalue weighted by Gasteiger charge is 2.01. The van der Waals surface area contributed by atoms with Gasteiger partial charge in [0.2, 0.25) is 11.8 Å². The average molecular weight is 235 g/mol. The first-order chi connectivity index (χ1) is 8.28. The van der Waals surface area contributed by atoms with Gasteiger partial charge in [0.05, 0.1) is 19.9 Å². The minimum Gasteiger partial charge on any atom is -0.481 e. The van der Waals surface area contributed by atoms with Crippen LogP contribution in [-0.4, -0.2) is 38.6 Å². The zero-order chi connectivity index (χ0) is 12.1. The molecule has 0 unspecified atom stereocenters. The normalized spacial score (nSPS) is 10.2. The topological polar surface area (TPSA) is 104 Å². The maximum absolute atomic E-state index is 5.53. The molecule has 90 valence electrons. The van der Waals surface area contributed by atoms with Gasteiger partial charge in [0.15, 0.2) is 0 Å². The van der Waals surface area contributed by atoms with E-state index in [1.54, 1.807) is 23.1 Å². The van der Waals surface area contributed by atoms with Crippen LogP contribution >= 0.6 is 0 Å². The van der Waals surface area contributed by atoms with Crippen molar-refractivity contribution in [2.24, 2.45) is 0 Å². The van der Waals surface area contributed by atoms with Crippen LogP contribution in [0.2, 0.25) is 0 Å². The van der Waals surface area contributed by atoms with Crippen molar-refractivity contribution in [3.8, 4) is 5.88 Å². The van der Waals surface area contributed by atoms with Crippen LogP contribution in [0.15, 0.2) is 18.5 Å². The largest absolute Gasteiger partial charge is 0.481 e. The Bertz CT molecular complexity index is 470. The molecule has 0 spiro atoms. The van der Waals surface area contributed by atoms with E-state index < -0.39 is 0 Å². The second-order valence-corrected chi connectivity index (χ2v) is 3.25. The Hall–Kier alpha value is -2.38. The average Bonchev–Trinajstić information content (AvgIpc) is 2.81. The van der Waals surface area contributed by atoms with Gasteiger partial charge in [0, 0.05) is 18.8 Å². The molecule has 0 radical (unpaired) electrons. The summed E-state index contributed by atoms with van der Waals surface area (Å²) in [4.78, 5) is 7.92. The molecule has 0 amide bonds. The third kappa shape index (κ3) is 3.03. The zero-order valence-electron chi connectivity index (χ0n) is 9.37. The van der Waals surface area contributed by atoms with Crippen LogP contribution in [0.5, 0.6) is 5.88 Å². The molecule has 17 heavy (non-hydrogen) atoms. The fourth-order valence-electron chi connectivity index (χ4n) is 1.29. The van der Waals surface area contributed by atoms with Crippen molar-refractivity contribution < 1.29 is 4.74 Å². The van der Waals surface area contributed by atoms with Crippen molar-refractivity contribution in [1.29, 1.82) is 0 Å². The van der Waals surface area contributed by atoms with Gasteiger partial charge < -0.3 is 15.8 Å². The van der Waals surface area contributed by atoms with Crippen LogP contribution in [0.4, 0.5) is 11.8 Å². The molecular weight excluding hydrogens is 222 g/mol. The van der Waals surface area contributed by atoms with E-state index >= 15 is 0 Å². The van der Waals surface area contributed by atoms with Crippen LogP contribution in [0.1, 0.15) is 0 Å². The minimum absolute atomic E-state index is 0.174. The smallest absolute Gasteiger partial charge is 0.225 e. The Morgan fingerprint density at radius 2 is 2.35 bits per heavy atom. The highest BCUT2D eigenvalue weighted by molar-refractivity contribution is 5.42. The Morgan fingerprint density at radius 1 is 1.47 bits per heavy atom. The van der Waals surface area contributed by atoms with Crippen molar-refractivity contribution in [2.45, 2.75) is 6.54 Å². The molecule has 0 aliphatic rings. The summed E-state index contributed by atoms with van der Waals surface area (Å²) in [5, 5.41) is 10.7. The number of hydrogen-bond acceptors (Lipinski definition) is 7. The maximum Gasteiger partial charge on any atom is 0.225 e. The number of nitrogens with two attached hydrogens (primary N) is 1. The standard InChI is InChI=1S/C9H13N7O/c1-17-8-6-7(13-9(10)14-8)11-2-4-16-5-3-12-15-16/h3,5-6H,2,4H2,1H3,(H3,10,11,13,14). The molecule has 0 saturated heterocycles. The highest BCUT2D eigenvalue weighted by Crippen LogP contribution is 2.13. The van der Waals surface area contributed by atoms with Gasteiger partial charge in [-0.05, 0) is 0 Å². The van der Waals surface area contributed by atoms with Gasteiger partial charge in [-0.25, -0.2) is 0 Å². The third-order valence-electron chi connectivity index (χ3n) is 2.05. The van der Waals surface area contributed by atoms with Crippen molar-refractivity contribution in [2.75, 3.05) is 24.7 Å². The number of aromatic nitrogens is 5. The van der Waals surface area contributed by atoms with E-state index in [2.05, 4.69) is 25.6 Å². The number of methoxy groups -OCH3 is 1. The molecule has 8 heteroatoms. The van der Waals surface area contributed by atoms with Crippen molar-refractivity contribution >= 4 is 11.8 Å². The Labute approximate surface area is 97.8 Å². The first kappa shape index (κ1) is 11.1. The van der Waals surface area contributed by atoms with E-state index in [4.69, 9.17) is 10.5 Å². The summed E-state index contributed by atoms with van der Waals surface area (Å²) in [5.74, 6) is 1.22. The van der Waals surface area contributed by atoms with Crippen LogP contribution in [0, 0.1) is 0 Å². The molecule has 0 atom stereocenters. The van der Waals surface area contributed by atoms with Gasteiger partial charge in [-0.2, -0.15) is 9.97 Å². The van der Waals surface area contributed by atoms with Crippen molar-refractivity contribution in [3.05, 3.63) is 18.5 Å².